The molecule has 0 amide bonds. The predicted octanol–water partition coefficient (Wildman–Crippen LogP) is 6.63. The molecule has 0 spiro atoms. The highest BCUT2D eigenvalue weighted by molar-refractivity contribution is 5.87. The smallest absolute Gasteiger partial charge is 0.333 e. The van der Waals surface area contributed by atoms with E-state index in [1.165, 1.54) is 32.1 Å². The quantitative estimate of drug-likeness (QED) is 0.410. The maximum absolute atomic E-state index is 12.2. The van der Waals surface area contributed by atoms with E-state index >= 15 is 0 Å². The zero-order valence-corrected chi connectivity index (χ0v) is 18.2. The van der Waals surface area contributed by atoms with Gasteiger partial charge in [-0.1, -0.05) is 57.9 Å². The van der Waals surface area contributed by atoms with Crippen molar-refractivity contribution in [3.05, 3.63) is 34.9 Å². The van der Waals surface area contributed by atoms with Gasteiger partial charge in [0.15, 0.2) is 0 Å². The van der Waals surface area contributed by atoms with Gasteiger partial charge in [0, 0.05) is 11.0 Å². The van der Waals surface area contributed by atoms with E-state index < -0.39 is 0 Å². The highest BCUT2D eigenvalue weighted by Crippen LogP contribution is 2.62. The van der Waals surface area contributed by atoms with E-state index in [4.69, 9.17) is 4.74 Å². The Balaban J connectivity index is 1.83. The van der Waals surface area contributed by atoms with Crippen molar-refractivity contribution in [2.75, 3.05) is 6.61 Å². The Hall–Kier alpha value is -1.31. The molecule has 0 aromatic rings. The third-order valence-corrected chi connectivity index (χ3v) is 7.99. The third-order valence-electron chi connectivity index (χ3n) is 7.99. The number of rotatable bonds is 4. The average molecular weight is 371 g/mol. The molecule has 0 heterocycles. The molecule has 0 radical (unpaired) electrons. The Bertz CT molecular complexity index is 680. The summed E-state index contributed by atoms with van der Waals surface area (Å²) < 4.78 is 5.78. The average Bonchev–Trinajstić information content (AvgIpc) is 2.64. The molecule has 2 heteroatoms. The second-order valence-electron chi connectivity index (χ2n) is 10.0. The Morgan fingerprint density at radius 2 is 2.07 bits per heavy atom. The number of esters is 1. The van der Waals surface area contributed by atoms with Gasteiger partial charge in [-0.05, 0) is 74.7 Å². The highest BCUT2D eigenvalue weighted by atomic mass is 16.5. The van der Waals surface area contributed by atoms with Crippen LogP contribution in [0.1, 0.15) is 80.1 Å². The molecule has 0 N–H and O–H groups in total. The summed E-state index contributed by atoms with van der Waals surface area (Å²) in [7, 11) is 0. The number of hydrogen-bond acceptors (Lipinski definition) is 2. The molecule has 3 aliphatic carbocycles. The van der Waals surface area contributed by atoms with Crippen molar-refractivity contribution in [3.63, 3.8) is 0 Å². The van der Waals surface area contributed by atoms with Gasteiger partial charge < -0.3 is 4.74 Å². The van der Waals surface area contributed by atoms with E-state index in [2.05, 4.69) is 39.8 Å². The van der Waals surface area contributed by atoms with Crippen LogP contribution in [0.4, 0.5) is 0 Å². The van der Waals surface area contributed by atoms with Gasteiger partial charge in [-0.25, -0.2) is 4.79 Å². The predicted molar refractivity (Wildman–Crippen MR) is 112 cm³/mol. The molecule has 1 saturated carbocycles. The minimum atomic E-state index is -0.153. The van der Waals surface area contributed by atoms with Crippen molar-refractivity contribution in [1.82, 2.24) is 0 Å². The fourth-order valence-corrected chi connectivity index (χ4v) is 6.11. The van der Waals surface area contributed by atoms with Crippen LogP contribution < -0.4 is 0 Å². The van der Waals surface area contributed by atoms with Crippen LogP contribution >= 0.6 is 0 Å². The first-order chi connectivity index (χ1) is 12.7. The maximum atomic E-state index is 12.2. The fourth-order valence-electron chi connectivity index (χ4n) is 6.11. The van der Waals surface area contributed by atoms with Gasteiger partial charge in [0.05, 0.1) is 6.61 Å². The lowest BCUT2D eigenvalue weighted by atomic mass is 9.47. The first-order valence-electron chi connectivity index (χ1n) is 10.9. The van der Waals surface area contributed by atoms with Crippen LogP contribution in [0, 0.1) is 28.6 Å². The van der Waals surface area contributed by atoms with Gasteiger partial charge in [0.25, 0.3) is 0 Å². The van der Waals surface area contributed by atoms with Crippen molar-refractivity contribution >= 4 is 5.97 Å². The first-order valence-corrected chi connectivity index (χ1v) is 10.9. The van der Waals surface area contributed by atoms with E-state index in [-0.39, 0.29) is 11.4 Å². The Labute approximate surface area is 166 Å². The highest BCUT2D eigenvalue weighted by Gasteiger charge is 2.54. The van der Waals surface area contributed by atoms with Crippen molar-refractivity contribution < 1.29 is 9.53 Å². The minimum absolute atomic E-state index is 0.0841. The van der Waals surface area contributed by atoms with E-state index in [0.29, 0.717) is 35.3 Å². The van der Waals surface area contributed by atoms with Crippen LogP contribution in [-0.4, -0.2) is 12.6 Å². The molecular formula is C25H38O2. The van der Waals surface area contributed by atoms with Crippen molar-refractivity contribution in [1.29, 1.82) is 0 Å². The zero-order valence-electron chi connectivity index (χ0n) is 18.2. The van der Waals surface area contributed by atoms with E-state index in [9.17, 15) is 4.79 Å². The monoisotopic (exact) mass is 370 g/mol. The lowest BCUT2D eigenvalue weighted by Crippen LogP contribution is -2.51. The molecule has 150 valence electrons. The van der Waals surface area contributed by atoms with Gasteiger partial charge in [0.2, 0.25) is 0 Å². The van der Waals surface area contributed by atoms with Gasteiger partial charge in [-0.3, -0.25) is 0 Å². The maximum Gasteiger partial charge on any atom is 0.333 e. The number of hydrogen-bond donors (Lipinski definition) is 0. The summed E-state index contributed by atoms with van der Waals surface area (Å²) >= 11 is 0. The molecule has 0 saturated heterocycles. The summed E-state index contributed by atoms with van der Waals surface area (Å²) in [6.07, 6.45) is 14.2. The number of allylic oxidation sites excluding steroid dienone is 5. The summed E-state index contributed by atoms with van der Waals surface area (Å²) in [5.74, 6) is 1.77. The van der Waals surface area contributed by atoms with Crippen molar-refractivity contribution in [2.24, 2.45) is 28.6 Å². The van der Waals surface area contributed by atoms with Gasteiger partial charge in [-0.2, -0.15) is 0 Å². The van der Waals surface area contributed by atoms with Crippen LogP contribution in [0.5, 0.6) is 0 Å². The molecule has 4 atom stereocenters. The van der Waals surface area contributed by atoms with Crippen LogP contribution in [0.3, 0.4) is 0 Å². The molecule has 1 fully saturated rings. The summed E-state index contributed by atoms with van der Waals surface area (Å²) in [6, 6.07) is 0. The fraction of sp³-hybridized carbons (Fsp3) is 0.720. The Morgan fingerprint density at radius 1 is 1.33 bits per heavy atom. The van der Waals surface area contributed by atoms with Crippen LogP contribution in [0.25, 0.3) is 0 Å². The summed E-state index contributed by atoms with van der Waals surface area (Å²) in [4.78, 5) is 12.2. The summed E-state index contributed by atoms with van der Waals surface area (Å²) in [5.41, 5.74) is 4.34. The lowest BCUT2D eigenvalue weighted by Gasteiger charge is -2.58. The minimum Gasteiger partial charge on any atom is -0.462 e. The van der Waals surface area contributed by atoms with Gasteiger partial charge >= 0.3 is 5.97 Å². The van der Waals surface area contributed by atoms with Gasteiger partial charge in [-0.15, -0.1) is 0 Å². The van der Waals surface area contributed by atoms with Crippen LogP contribution in [0.15, 0.2) is 34.9 Å². The molecule has 3 rings (SSSR count). The SMILES string of the molecule is CC=C(C)C(=O)OCC1(C)CCCC2(C)C3CCC(C(C)C)=CC3=CCC12. The molecule has 4 unspecified atom stereocenters. The number of carbonyl (C=O) groups excluding carboxylic acids is 1. The molecule has 3 aliphatic rings. The molecule has 2 nitrogen and oxygen atoms in total. The lowest BCUT2D eigenvalue weighted by molar-refractivity contribution is -0.149. The number of carbonyl (C=O) groups is 1. The molecule has 0 aromatic heterocycles. The number of fused-ring (bicyclic) bond motifs is 3. The molecule has 0 aromatic carbocycles. The first kappa shape index (κ1) is 20.4. The van der Waals surface area contributed by atoms with Crippen LogP contribution in [-0.2, 0) is 9.53 Å². The second-order valence-corrected chi connectivity index (χ2v) is 10.0. The second kappa shape index (κ2) is 7.60. The standard InChI is InChI=1S/C25H38O2/c1-7-18(4)23(26)27-16-24(5)13-8-14-25(6)21-11-9-19(17(2)3)15-20(21)10-12-22(24)25/h7,10,15,17,21-22H,8-9,11-14,16H2,1-6H3. The molecular weight excluding hydrogens is 332 g/mol. The summed E-state index contributed by atoms with van der Waals surface area (Å²) in [5, 5.41) is 0. The van der Waals surface area contributed by atoms with Crippen molar-refractivity contribution in [2.45, 2.75) is 80.1 Å². The Kier molecular flexibility index (Phi) is 5.75. The third kappa shape index (κ3) is 3.69. The largest absolute Gasteiger partial charge is 0.462 e. The zero-order chi connectivity index (χ0) is 19.8. The molecule has 0 bridgehead atoms. The normalized spacial score (nSPS) is 36.5. The topological polar surface area (TPSA) is 26.3 Å². The molecule has 27 heavy (non-hydrogen) atoms. The molecule has 0 aliphatic heterocycles. The van der Waals surface area contributed by atoms with E-state index in [1.807, 2.05) is 19.9 Å². The Morgan fingerprint density at radius 3 is 2.74 bits per heavy atom. The van der Waals surface area contributed by atoms with Gasteiger partial charge in [0.1, 0.15) is 0 Å². The van der Waals surface area contributed by atoms with Crippen LogP contribution in [0.2, 0.25) is 0 Å². The van der Waals surface area contributed by atoms with E-state index in [0.717, 1.165) is 6.42 Å². The van der Waals surface area contributed by atoms with Crippen molar-refractivity contribution in [3.8, 4) is 0 Å². The van der Waals surface area contributed by atoms with E-state index in [1.54, 1.807) is 11.1 Å². The number of ether oxygens (including phenoxy) is 1. The summed E-state index contributed by atoms with van der Waals surface area (Å²) in [6.45, 7) is 13.8.